The van der Waals surface area contributed by atoms with E-state index in [1.807, 2.05) is 13.8 Å². The zero-order chi connectivity index (χ0) is 17.4. The Morgan fingerprint density at radius 3 is 2.43 bits per heavy atom. The van der Waals surface area contributed by atoms with Crippen molar-refractivity contribution in [3.8, 4) is 11.1 Å². The van der Waals surface area contributed by atoms with Gasteiger partial charge in [-0.15, -0.1) is 11.8 Å². The maximum Gasteiger partial charge on any atom is 0.417 e. The molecule has 124 valence electrons. The van der Waals surface area contributed by atoms with Crippen molar-refractivity contribution < 1.29 is 13.2 Å². The zero-order valence-corrected chi connectivity index (χ0v) is 14.3. The number of thioether (sulfide) groups is 1. The van der Waals surface area contributed by atoms with Crippen LogP contribution in [0.5, 0.6) is 0 Å². The summed E-state index contributed by atoms with van der Waals surface area (Å²) >= 11 is 7.01. The SMILES string of the molecule is CC(C)Sc1cn(C)cc(-c2ccc(Cl)c(C(F)(F)F)c2)c1=O. The Balaban J connectivity index is 2.63. The fourth-order valence-corrected chi connectivity index (χ4v) is 3.31. The summed E-state index contributed by atoms with van der Waals surface area (Å²) in [6, 6.07) is 3.52. The molecular weight excluding hydrogens is 347 g/mol. The summed E-state index contributed by atoms with van der Waals surface area (Å²) in [5.41, 5.74) is -0.799. The van der Waals surface area contributed by atoms with Gasteiger partial charge in [0, 0.05) is 30.3 Å². The van der Waals surface area contributed by atoms with Gasteiger partial charge in [0.25, 0.3) is 0 Å². The first-order valence-corrected chi connectivity index (χ1v) is 8.09. The third-order valence-electron chi connectivity index (χ3n) is 3.07. The van der Waals surface area contributed by atoms with Crippen LogP contribution in [-0.4, -0.2) is 9.82 Å². The van der Waals surface area contributed by atoms with E-state index in [1.165, 1.54) is 30.1 Å². The lowest BCUT2D eigenvalue weighted by atomic mass is 10.0. The summed E-state index contributed by atoms with van der Waals surface area (Å²) in [6.07, 6.45) is -1.37. The molecule has 2 rings (SSSR count). The lowest BCUT2D eigenvalue weighted by Gasteiger charge is -2.13. The van der Waals surface area contributed by atoms with Crippen LogP contribution in [0.15, 0.2) is 40.3 Å². The summed E-state index contributed by atoms with van der Waals surface area (Å²) in [5.74, 6) is 0. The van der Waals surface area contributed by atoms with Gasteiger partial charge in [0.15, 0.2) is 0 Å². The Labute approximate surface area is 141 Å². The van der Waals surface area contributed by atoms with Gasteiger partial charge in [0.2, 0.25) is 5.43 Å². The normalized spacial score (nSPS) is 12.0. The standard InChI is InChI=1S/C16H15ClF3NOS/c1-9(2)23-14-8-21(3)7-11(15(14)22)10-4-5-13(17)12(6-10)16(18,19)20/h4-9H,1-3H3. The Hall–Kier alpha value is -1.40. The van der Waals surface area contributed by atoms with Crippen LogP contribution < -0.4 is 5.43 Å². The summed E-state index contributed by atoms with van der Waals surface area (Å²) in [6.45, 7) is 3.89. The van der Waals surface area contributed by atoms with E-state index < -0.39 is 11.7 Å². The van der Waals surface area contributed by atoms with E-state index in [4.69, 9.17) is 11.6 Å². The number of nitrogens with zero attached hydrogens (tertiary/aromatic N) is 1. The van der Waals surface area contributed by atoms with E-state index in [-0.39, 0.29) is 26.8 Å². The Morgan fingerprint density at radius 1 is 1.22 bits per heavy atom. The maximum atomic E-state index is 13.0. The molecule has 0 bridgehead atoms. The molecule has 0 aliphatic heterocycles. The molecule has 0 N–H and O–H groups in total. The molecule has 1 heterocycles. The van der Waals surface area contributed by atoms with Crippen molar-refractivity contribution >= 4 is 23.4 Å². The number of benzene rings is 1. The highest BCUT2D eigenvalue weighted by Crippen LogP contribution is 2.37. The lowest BCUT2D eigenvalue weighted by Crippen LogP contribution is -2.13. The summed E-state index contributed by atoms with van der Waals surface area (Å²) in [7, 11) is 1.73. The molecule has 1 aromatic heterocycles. The Morgan fingerprint density at radius 2 is 1.87 bits per heavy atom. The van der Waals surface area contributed by atoms with Gasteiger partial charge in [-0.05, 0) is 17.7 Å². The van der Waals surface area contributed by atoms with E-state index in [0.29, 0.717) is 4.90 Å². The van der Waals surface area contributed by atoms with Gasteiger partial charge < -0.3 is 4.57 Å². The van der Waals surface area contributed by atoms with E-state index in [0.717, 1.165) is 6.07 Å². The maximum absolute atomic E-state index is 13.0. The van der Waals surface area contributed by atoms with Crippen molar-refractivity contribution in [3.05, 3.63) is 51.4 Å². The first-order valence-electron chi connectivity index (χ1n) is 6.83. The molecule has 0 fully saturated rings. The van der Waals surface area contributed by atoms with Crippen LogP contribution >= 0.6 is 23.4 Å². The minimum Gasteiger partial charge on any atom is -0.355 e. The molecular formula is C16H15ClF3NOS. The van der Waals surface area contributed by atoms with E-state index in [2.05, 4.69) is 0 Å². The third kappa shape index (κ3) is 4.12. The molecule has 7 heteroatoms. The highest BCUT2D eigenvalue weighted by Gasteiger charge is 2.33. The molecule has 0 aliphatic carbocycles. The second-order valence-corrected chi connectivity index (χ2v) is 7.42. The summed E-state index contributed by atoms with van der Waals surface area (Å²) < 4.78 is 40.7. The van der Waals surface area contributed by atoms with E-state index >= 15 is 0 Å². The fraction of sp³-hybridized carbons (Fsp3) is 0.312. The Bertz CT molecular complexity index is 784. The molecule has 23 heavy (non-hydrogen) atoms. The van der Waals surface area contributed by atoms with Crippen molar-refractivity contribution in [2.45, 2.75) is 30.2 Å². The first-order chi connectivity index (χ1) is 10.6. The number of rotatable bonds is 3. The van der Waals surface area contributed by atoms with Gasteiger partial charge in [0.05, 0.1) is 15.5 Å². The average Bonchev–Trinajstić information content (AvgIpc) is 2.41. The topological polar surface area (TPSA) is 22.0 Å². The predicted octanol–water partition coefficient (Wildman–Crippen LogP) is 5.23. The Kier molecular flexibility index (Phi) is 5.16. The number of hydrogen-bond donors (Lipinski definition) is 0. The molecule has 0 saturated heterocycles. The van der Waals surface area contributed by atoms with Gasteiger partial charge in [-0.2, -0.15) is 13.2 Å². The number of hydrogen-bond acceptors (Lipinski definition) is 2. The van der Waals surface area contributed by atoms with Crippen LogP contribution in [-0.2, 0) is 13.2 Å². The minimum absolute atomic E-state index is 0.189. The van der Waals surface area contributed by atoms with Crippen LogP contribution in [0.25, 0.3) is 11.1 Å². The number of aromatic nitrogens is 1. The molecule has 2 nitrogen and oxygen atoms in total. The van der Waals surface area contributed by atoms with Crippen molar-refractivity contribution in [3.63, 3.8) is 0 Å². The lowest BCUT2D eigenvalue weighted by molar-refractivity contribution is -0.137. The van der Waals surface area contributed by atoms with Crippen LogP contribution in [0.4, 0.5) is 13.2 Å². The second-order valence-electron chi connectivity index (χ2n) is 5.39. The van der Waals surface area contributed by atoms with Crippen molar-refractivity contribution in [1.29, 1.82) is 0 Å². The van der Waals surface area contributed by atoms with Gasteiger partial charge in [0.1, 0.15) is 0 Å². The van der Waals surface area contributed by atoms with E-state index in [9.17, 15) is 18.0 Å². The largest absolute Gasteiger partial charge is 0.417 e. The smallest absolute Gasteiger partial charge is 0.355 e. The van der Waals surface area contributed by atoms with Crippen LogP contribution in [0.1, 0.15) is 19.4 Å². The van der Waals surface area contributed by atoms with Crippen LogP contribution in [0.2, 0.25) is 5.02 Å². The van der Waals surface area contributed by atoms with Crippen molar-refractivity contribution in [2.75, 3.05) is 0 Å². The van der Waals surface area contributed by atoms with Gasteiger partial charge in [-0.1, -0.05) is 31.5 Å². The second kappa shape index (κ2) is 6.61. The van der Waals surface area contributed by atoms with Gasteiger partial charge in [-0.3, -0.25) is 4.79 Å². The molecule has 0 spiro atoms. The van der Waals surface area contributed by atoms with Crippen molar-refractivity contribution in [1.82, 2.24) is 4.57 Å². The summed E-state index contributed by atoms with van der Waals surface area (Å²) in [5, 5.41) is -0.195. The zero-order valence-electron chi connectivity index (χ0n) is 12.7. The number of aryl methyl sites for hydroxylation is 1. The number of pyridine rings is 1. The average molecular weight is 362 g/mol. The van der Waals surface area contributed by atoms with E-state index in [1.54, 1.807) is 17.8 Å². The highest BCUT2D eigenvalue weighted by atomic mass is 35.5. The van der Waals surface area contributed by atoms with Gasteiger partial charge >= 0.3 is 6.18 Å². The minimum atomic E-state index is -4.57. The van der Waals surface area contributed by atoms with Crippen LogP contribution in [0.3, 0.4) is 0 Å². The number of halogens is 4. The van der Waals surface area contributed by atoms with Crippen LogP contribution in [0, 0.1) is 0 Å². The molecule has 1 aromatic carbocycles. The third-order valence-corrected chi connectivity index (χ3v) is 4.41. The quantitative estimate of drug-likeness (QED) is 0.699. The summed E-state index contributed by atoms with van der Waals surface area (Å²) in [4.78, 5) is 13.1. The fourth-order valence-electron chi connectivity index (χ4n) is 2.13. The molecule has 0 aliphatic rings. The molecule has 0 atom stereocenters. The molecule has 0 saturated carbocycles. The predicted molar refractivity (Wildman–Crippen MR) is 88.1 cm³/mol. The highest BCUT2D eigenvalue weighted by molar-refractivity contribution is 7.99. The van der Waals surface area contributed by atoms with Crippen molar-refractivity contribution in [2.24, 2.45) is 7.05 Å². The molecule has 0 amide bonds. The number of alkyl halides is 3. The first kappa shape index (κ1) is 17.9. The van der Waals surface area contributed by atoms with Gasteiger partial charge in [-0.25, -0.2) is 0 Å². The monoisotopic (exact) mass is 361 g/mol. The molecule has 0 radical (unpaired) electrons. The molecule has 0 unspecified atom stereocenters. The molecule has 2 aromatic rings.